The van der Waals surface area contributed by atoms with E-state index in [0.29, 0.717) is 0 Å². The van der Waals surface area contributed by atoms with Crippen molar-refractivity contribution in [2.24, 2.45) is 5.16 Å². The van der Waals surface area contributed by atoms with Crippen molar-refractivity contribution >= 4 is 35.0 Å². The molecule has 0 bridgehead atoms. The molecule has 0 spiro atoms. The van der Waals surface area contributed by atoms with Crippen molar-refractivity contribution < 1.29 is 28.7 Å². The maximum Gasteiger partial charge on any atom is 0.364 e. The third-order valence-corrected chi connectivity index (χ3v) is 1.86. The number of halogens is 1. The maximum atomic E-state index is 11.7. The summed E-state index contributed by atoms with van der Waals surface area (Å²) in [5, 5.41) is 3.31. The van der Waals surface area contributed by atoms with E-state index in [1.54, 1.807) is 27.7 Å². The van der Waals surface area contributed by atoms with Crippen molar-refractivity contribution in [3.63, 3.8) is 0 Å². The fourth-order valence-corrected chi connectivity index (χ4v) is 1.07. The zero-order valence-corrected chi connectivity index (χ0v) is 12.7. The van der Waals surface area contributed by atoms with Crippen LogP contribution in [0, 0.1) is 0 Å². The van der Waals surface area contributed by atoms with E-state index in [0.717, 1.165) is 0 Å². The van der Waals surface area contributed by atoms with E-state index in [4.69, 9.17) is 16.3 Å². The molecule has 0 saturated heterocycles. The summed E-state index contributed by atoms with van der Waals surface area (Å²) >= 11 is 5.37. The van der Waals surface area contributed by atoms with Gasteiger partial charge in [0.05, 0.1) is 12.5 Å². The average molecular weight is 308 g/mol. The van der Waals surface area contributed by atoms with E-state index in [9.17, 15) is 14.4 Å². The van der Waals surface area contributed by atoms with Gasteiger partial charge in [-0.05, 0) is 27.7 Å². The van der Waals surface area contributed by atoms with Crippen LogP contribution in [0.3, 0.4) is 0 Å². The second kappa shape index (κ2) is 8.52. The topological polar surface area (TPSA) is 91.3 Å². The molecule has 0 fully saturated rings. The minimum atomic E-state index is -0.966. The molecule has 0 aliphatic rings. The van der Waals surface area contributed by atoms with Gasteiger partial charge in [0.25, 0.3) is 0 Å². The number of hydrogen-bond acceptors (Lipinski definition) is 7. The third-order valence-electron chi connectivity index (χ3n) is 1.62. The fourth-order valence-electron chi connectivity index (χ4n) is 0.944. The standard InChI is InChI=1S/C12H18ClNO6/c1-5-18-9(16)7-19-14-10(8(15)6-13)11(17)20-12(2,3)4/h5-7H2,1-4H3/b14-10+. The van der Waals surface area contributed by atoms with E-state index < -0.39 is 41.5 Å². The summed E-state index contributed by atoms with van der Waals surface area (Å²) in [5.41, 5.74) is -1.40. The summed E-state index contributed by atoms with van der Waals surface area (Å²) in [6.45, 7) is 6.19. The van der Waals surface area contributed by atoms with Crippen LogP contribution in [0.15, 0.2) is 5.16 Å². The molecule has 0 unspecified atom stereocenters. The largest absolute Gasteiger partial charge is 0.463 e. The number of rotatable bonds is 7. The van der Waals surface area contributed by atoms with E-state index >= 15 is 0 Å². The maximum absolute atomic E-state index is 11.7. The molecule has 0 aliphatic carbocycles. The van der Waals surface area contributed by atoms with Gasteiger partial charge in [-0.2, -0.15) is 0 Å². The van der Waals surface area contributed by atoms with E-state index in [1.807, 2.05) is 0 Å². The van der Waals surface area contributed by atoms with Gasteiger partial charge in [-0.1, -0.05) is 5.16 Å². The van der Waals surface area contributed by atoms with Crippen LogP contribution in [0.2, 0.25) is 0 Å². The Morgan fingerprint density at radius 3 is 2.25 bits per heavy atom. The number of carbonyl (C=O) groups excluding carboxylic acids is 3. The molecule has 114 valence electrons. The Morgan fingerprint density at radius 1 is 1.20 bits per heavy atom. The first-order valence-electron chi connectivity index (χ1n) is 5.89. The zero-order valence-electron chi connectivity index (χ0n) is 11.9. The highest BCUT2D eigenvalue weighted by Gasteiger charge is 2.27. The quantitative estimate of drug-likeness (QED) is 0.230. The third kappa shape index (κ3) is 7.73. The van der Waals surface area contributed by atoms with Crippen LogP contribution in [0.5, 0.6) is 0 Å². The van der Waals surface area contributed by atoms with Crippen LogP contribution in [-0.2, 0) is 28.7 Å². The molecule has 0 aromatic heterocycles. The molecule has 0 heterocycles. The Hall–Kier alpha value is -1.63. The van der Waals surface area contributed by atoms with Crippen LogP contribution in [0.25, 0.3) is 0 Å². The number of esters is 2. The van der Waals surface area contributed by atoms with E-state index in [2.05, 4.69) is 14.7 Å². The summed E-state index contributed by atoms with van der Waals surface area (Å²) in [7, 11) is 0. The molecule has 0 aromatic carbocycles. The van der Waals surface area contributed by atoms with Crippen LogP contribution in [-0.4, -0.2) is 48.1 Å². The summed E-state index contributed by atoms with van der Waals surface area (Å²) in [6.07, 6.45) is 0. The minimum Gasteiger partial charge on any atom is -0.463 e. The predicted molar refractivity (Wildman–Crippen MR) is 71.6 cm³/mol. The lowest BCUT2D eigenvalue weighted by atomic mass is 10.2. The van der Waals surface area contributed by atoms with Gasteiger partial charge in [-0.25, -0.2) is 9.59 Å². The first kappa shape index (κ1) is 18.4. The van der Waals surface area contributed by atoms with E-state index in [1.165, 1.54) is 0 Å². The molecule has 0 radical (unpaired) electrons. The molecule has 0 aromatic rings. The molecule has 0 atom stereocenters. The van der Waals surface area contributed by atoms with Crippen molar-refractivity contribution in [1.82, 2.24) is 0 Å². The minimum absolute atomic E-state index is 0.186. The number of ether oxygens (including phenoxy) is 2. The van der Waals surface area contributed by atoms with Gasteiger partial charge in [0.1, 0.15) is 5.60 Å². The van der Waals surface area contributed by atoms with Gasteiger partial charge in [0.2, 0.25) is 18.1 Å². The number of carbonyl (C=O) groups is 3. The highest BCUT2D eigenvalue weighted by molar-refractivity contribution is 6.67. The summed E-state index contributed by atoms with van der Waals surface area (Å²) < 4.78 is 9.57. The fraction of sp³-hybridized carbons (Fsp3) is 0.667. The Bertz CT molecular complexity index is 399. The first-order chi connectivity index (χ1) is 9.21. The smallest absolute Gasteiger partial charge is 0.364 e. The number of Topliss-reactive ketones (excluding diaryl/α,β-unsaturated/α-hetero) is 1. The number of hydrogen-bond donors (Lipinski definition) is 0. The lowest BCUT2D eigenvalue weighted by molar-refractivity contribution is -0.150. The number of alkyl halides is 1. The highest BCUT2D eigenvalue weighted by atomic mass is 35.5. The predicted octanol–water partition coefficient (Wildman–Crippen LogP) is 1.07. The van der Waals surface area contributed by atoms with Crippen LogP contribution < -0.4 is 0 Å². The molecule has 0 N–H and O–H groups in total. The summed E-state index contributed by atoms with van der Waals surface area (Å²) in [6, 6.07) is 0. The van der Waals surface area contributed by atoms with Crippen LogP contribution in [0.4, 0.5) is 0 Å². The molecule has 0 saturated carbocycles. The molecular formula is C12H18ClNO6. The van der Waals surface area contributed by atoms with Gasteiger partial charge in [0.15, 0.2) is 0 Å². The second-order valence-electron chi connectivity index (χ2n) is 4.58. The van der Waals surface area contributed by atoms with Crippen molar-refractivity contribution in [3.05, 3.63) is 0 Å². The Morgan fingerprint density at radius 2 is 1.80 bits per heavy atom. The lowest BCUT2D eigenvalue weighted by Gasteiger charge is -2.19. The molecular weight excluding hydrogens is 290 g/mol. The number of nitrogens with zero attached hydrogens (tertiary/aromatic N) is 1. The van der Waals surface area contributed by atoms with Crippen molar-refractivity contribution in [3.8, 4) is 0 Å². The van der Waals surface area contributed by atoms with Gasteiger partial charge in [-0.3, -0.25) is 4.79 Å². The Kier molecular flexibility index (Phi) is 7.83. The van der Waals surface area contributed by atoms with Gasteiger partial charge < -0.3 is 14.3 Å². The van der Waals surface area contributed by atoms with Gasteiger partial charge in [0, 0.05) is 0 Å². The zero-order chi connectivity index (χ0) is 15.8. The van der Waals surface area contributed by atoms with Crippen molar-refractivity contribution in [2.45, 2.75) is 33.3 Å². The summed E-state index contributed by atoms with van der Waals surface area (Å²) in [4.78, 5) is 38.8. The molecule has 20 heavy (non-hydrogen) atoms. The Labute approximate surface area is 122 Å². The molecule has 7 nitrogen and oxygen atoms in total. The monoisotopic (exact) mass is 307 g/mol. The summed E-state index contributed by atoms with van der Waals surface area (Å²) in [5.74, 6) is -2.85. The molecule has 0 aliphatic heterocycles. The lowest BCUT2D eigenvalue weighted by Crippen LogP contribution is -2.34. The highest BCUT2D eigenvalue weighted by Crippen LogP contribution is 2.08. The average Bonchev–Trinajstić information content (AvgIpc) is 2.31. The first-order valence-corrected chi connectivity index (χ1v) is 6.42. The number of ketones is 1. The van der Waals surface area contributed by atoms with Crippen LogP contribution >= 0.6 is 11.6 Å². The van der Waals surface area contributed by atoms with Gasteiger partial charge in [-0.15, -0.1) is 11.6 Å². The SMILES string of the molecule is CCOC(=O)CO/N=C(\C(=O)CCl)C(=O)OC(C)(C)C. The van der Waals surface area contributed by atoms with Crippen molar-refractivity contribution in [2.75, 3.05) is 19.1 Å². The molecule has 0 amide bonds. The molecule has 8 heteroatoms. The molecule has 0 rings (SSSR count). The van der Waals surface area contributed by atoms with Crippen LogP contribution in [0.1, 0.15) is 27.7 Å². The second-order valence-corrected chi connectivity index (χ2v) is 4.84. The normalized spacial score (nSPS) is 11.8. The van der Waals surface area contributed by atoms with E-state index in [-0.39, 0.29) is 6.61 Å². The van der Waals surface area contributed by atoms with Crippen molar-refractivity contribution in [1.29, 1.82) is 0 Å². The van der Waals surface area contributed by atoms with Gasteiger partial charge >= 0.3 is 11.9 Å². The number of oxime groups is 1. The Balaban J connectivity index is 4.76.